The molecule has 0 fully saturated rings. The SMILES string of the molecule is F[B]F.c1ccc2c(c1)Cc1ccccc1-2. The second-order valence-electron chi connectivity index (χ2n) is 3.57. The summed E-state index contributed by atoms with van der Waals surface area (Å²) in [6.45, 7) is 0. The van der Waals surface area contributed by atoms with Crippen molar-refractivity contribution in [2.75, 3.05) is 0 Å². The van der Waals surface area contributed by atoms with Gasteiger partial charge in [-0.2, -0.15) is 0 Å². The van der Waals surface area contributed by atoms with Gasteiger partial charge >= 0.3 is 7.83 Å². The van der Waals surface area contributed by atoms with Crippen molar-refractivity contribution in [3.8, 4) is 11.1 Å². The predicted octanol–water partition coefficient (Wildman–Crippen LogP) is 3.72. The molecule has 0 unspecified atom stereocenters. The fourth-order valence-corrected chi connectivity index (χ4v) is 2.08. The minimum atomic E-state index is -1.00. The van der Waals surface area contributed by atoms with Crippen LogP contribution >= 0.6 is 0 Å². The quantitative estimate of drug-likeness (QED) is 0.501. The van der Waals surface area contributed by atoms with Gasteiger partial charge in [0.05, 0.1) is 0 Å². The Morgan fingerprint density at radius 3 is 1.56 bits per heavy atom. The third kappa shape index (κ3) is 1.99. The molecule has 0 saturated heterocycles. The van der Waals surface area contributed by atoms with Crippen LogP contribution in [-0.2, 0) is 6.42 Å². The van der Waals surface area contributed by atoms with Gasteiger partial charge in [0.15, 0.2) is 0 Å². The Hall–Kier alpha value is -1.64. The maximum absolute atomic E-state index is 9.50. The fraction of sp³-hybridized carbons (Fsp3) is 0.0769. The van der Waals surface area contributed by atoms with E-state index >= 15 is 0 Å². The van der Waals surface area contributed by atoms with Crippen LogP contribution in [-0.4, -0.2) is 7.83 Å². The van der Waals surface area contributed by atoms with E-state index in [1.807, 2.05) is 0 Å². The minimum Gasteiger partial charge on any atom is -0.289 e. The van der Waals surface area contributed by atoms with Gasteiger partial charge in [-0.1, -0.05) is 48.5 Å². The summed E-state index contributed by atoms with van der Waals surface area (Å²) < 4.78 is 19.0. The van der Waals surface area contributed by atoms with E-state index in [9.17, 15) is 8.63 Å². The molecule has 0 spiro atoms. The van der Waals surface area contributed by atoms with Crippen LogP contribution in [0.4, 0.5) is 8.63 Å². The maximum atomic E-state index is 9.50. The molecule has 0 saturated carbocycles. The van der Waals surface area contributed by atoms with Crippen molar-refractivity contribution in [2.24, 2.45) is 0 Å². The Bertz CT molecular complexity index is 439. The van der Waals surface area contributed by atoms with Crippen LogP contribution in [0.1, 0.15) is 11.1 Å². The standard InChI is InChI=1S/C13H10.BF2/c1-3-7-12-10(5-1)9-11-6-2-4-8-13(11)12;2-1-3/h1-8H,9H2;. The molecule has 0 aromatic heterocycles. The summed E-state index contributed by atoms with van der Waals surface area (Å²) in [5, 5.41) is 0. The van der Waals surface area contributed by atoms with Gasteiger partial charge < -0.3 is 0 Å². The molecule has 2 aromatic rings. The van der Waals surface area contributed by atoms with Gasteiger partial charge in [0.1, 0.15) is 0 Å². The largest absolute Gasteiger partial charge is 0.577 e. The van der Waals surface area contributed by atoms with Gasteiger partial charge in [-0.3, -0.25) is 8.63 Å². The zero-order valence-corrected chi connectivity index (χ0v) is 8.66. The van der Waals surface area contributed by atoms with Crippen molar-refractivity contribution >= 4 is 7.83 Å². The lowest BCUT2D eigenvalue weighted by atomic mass is 10.1. The highest BCUT2D eigenvalue weighted by Crippen LogP contribution is 2.35. The smallest absolute Gasteiger partial charge is 0.289 e. The molecule has 0 N–H and O–H groups in total. The molecule has 0 amide bonds. The molecule has 16 heavy (non-hydrogen) atoms. The first-order valence-corrected chi connectivity index (χ1v) is 5.05. The van der Waals surface area contributed by atoms with Crippen molar-refractivity contribution in [1.29, 1.82) is 0 Å². The summed E-state index contributed by atoms with van der Waals surface area (Å²) in [6.07, 6.45) is 1.10. The minimum absolute atomic E-state index is 1.00. The van der Waals surface area contributed by atoms with Crippen molar-refractivity contribution in [1.82, 2.24) is 0 Å². The Morgan fingerprint density at radius 1 is 0.750 bits per heavy atom. The van der Waals surface area contributed by atoms with Gasteiger partial charge in [0.2, 0.25) is 0 Å². The van der Waals surface area contributed by atoms with E-state index in [0.29, 0.717) is 0 Å². The molecule has 1 aliphatic rings. The van der Waals surface area contributed by atoms with E-state index in [4.69, 9.17) is 0 Å². The molecule has 1 radical (unpaired) electrons. The molecule has 3 rings (SSSR count). The highest BCUT2D eigenvalue weighted by molar-refractivity contribution is 6.15. The third-order valence-electron chi connectivity index (χ3n) is 2.71. The molecule has 0 nitrogen and oxygen atoms in total. The van der Waals surface area contributed by atoms with Crippen molar-refractivity contribution in [3.05, 3.63) is 59.7 Å². The van der Waals surface area contributed by atoms with E-state index in [-0.39, 0.29) is 0 Å². The highest BCUT2D eigenvalue weighted by atomic mass is 19.2. The summed E-state index contributed by atoms with van der Waals surface area (Å²) in [7, 11) is -1.00. The molecule has 2 aromatic carbocycles. The molecule has 0 atom stereocenters. The number of rotatable bonds is 0. The van der Waals surface area contributed by atoms with Gasteiger partial charge in [0.25, 0.3) is 0 Å². The summed E-state index contributed by atoms with van der Waals surface area (Å²) in [5.74, 6) is 0. The average Bonchev–Trinajstić information content (AvgIpc) is 2.68. The van der Waals surface area contributed by atoms with Crippen LogP contribution in [0.15, 0.2) is 48.5 Å². The highest BCUT2D eigenvalue weighted by Gasteiger charge is 2.15. The first kappa shape index (κ1) is 10.9. The van der Waals surface area contributed by atoms with Gasteiger partial charge in [0, 0.05) is 0 Å². The first-order chi connectivity index (χ1) is 7.86. The second-order valence-corrected chi connectivity index (χ2v) is 3.57. The number of hydrogen-bond donors (Lipinski definition) is 0. The molecular formula is C13H10BF2. The first-order valence-electron chi connectivity index (χ1n) is 5.05. The average molecular weight is 215 g/mol. The monoisotopic (exact) mass is 215 g/mol. The van der Waals surface area contributed by atoms with E-state index in [1.54, 1.807) is 0 Å². The van der Waals surface area contributed by atoms with E-state index in [2.05, 4.69) is 48.5 Å². The zero-order valence-electron chi connectivity index (χ0n) is 8.66. The second kappa shape index (κ2) is 4.93. The predicted molar refractivity (Wildman–Crippen MR) is 62.7 cm³/mol. The normalized spacial score (nSPS) is 10.9. The number of fused-ring (bicyclic) bond motifs is 3. The van der Waals surface area contributed by atoms with E-state index in [0.717, 1.165) is 6.42 Å². The molecule has 0 bridgehead atoms. The summed E-state index contributed by atoms with van der Waals surface area (Å²) >= 11 is 0. The van der Waals surface area contributed by atoms with Crippen molar-refractivity contribution in [2.45, 2.75) is 6.42 Å². The van der Waals surface area contributed by atoms with Crippen LogP contribution in [0.5, 0.6) is 0 Å². The molecular weight excluding hydrogens is 205 g/mol. The lowest BCUT2D eigenvalue weighted by molar-refractivity contribution is 0.712. The Labute approximate surface area is 94.3 Å². The Balaban J connectivity index is 0.000000292. The summed E-state index contributed by atoms with van der Waals surface area (Å²) in [6, 6.07) is 17.3. The lowest BCUT2D eigenvalue weighted by Gasteiger charge is -1.98. The molecule has 0 heterocycles. The van der Waals surface area contributed by atoms with Crippen molar-refractivity contribution < 1.29 is 8.63 Å². The molecule has 1 aliphatic carbocycles. The zero-order chi connectivity index (χ0) is 11.4. The number of benzene rings is 2. The van der Waals surface area contributed by atoms with Crippen LogP contribution < -0.4 is 0 Å². The van der Waals surface area contributed by atoms with E-state index < -0.39 is 7.83 Å². The van der Waals surface area contributed by atoms with Gasteiger partial charge in [-0.15, -0.1) is 0 Å². The molecule has 0 aliphatic heterocycles. The Kier molecular flexibility index (Phi) is 3.35. The van der Waals surface area contributed by atoms with Gasteiger partial charge in [-0.25, -0.2) is 0 Å². The lowest BCUT2D eigenvalue weighted by Crippen LogP contribution is -1.77. The topological polar surface area (TPSA) is 0 Å². The fourth-order valence-electron chi connectivity index (χ4n) is 2.08. The molecule has 3 heteroatoms. The van der Waals surface area contributed by atoms with Crippen molar-refractivity contribution in [3.63, 3.8) is 0 Å². The Morgan fingerprint density at radius 2 is 1.12 bits per heavy atom. The number of hydrogen-bond acceptors (Lipinski definition) is 0. The third-order valence-corrected chi connectivity index (χ3v) is 2.71. The van der Waals surface area contributed by atoms with Gasteiger partial charge in [-0.05, 0) is 28.7 Å². The maximum Gasteiger partial charge on any atom is 0.577 e. The van der Waals surface area contributed by atoms with Crippen LogP contribution in [0.3, 0.4) is 0 Å². The summed E-state index contributed by atoms with van der Waals surface area (Å²) in [5.41, 5.74) is 5.75. The molecule has 79 valence electrons. The van der Waals surface area contributed by atoms with Crippen LogP contribution in [0, 0.1) is 0 Å². The van der Waals surface area contributed by atoms with Crippen LogP contribution in [0.2, 0.25) is 0 Å². The van der Waals surface area contributed by atoms with E-state index in [1.165, 1.54) is 22.3 Å². The number of halogens is 2. The van der Waals surface area contributed by atoms with Crippen LogP contribution in [0.25, 0.3) is 11.1 Å². The summed E-state index contributed by atoms with van der Waals surface area (Å²) in [4.78, 5) is 0.